The van der Waals surface area contributed by atoms with Gasteiger partial charge in [0.25, 0.3) is 0 Å². The molecule has 0 aromatic carbocycles. The Balaban J connectivity index is 2.58. The molecule has 1 unspecified atom stereocenters. The molecule has 5 heteroatoms. The first-order valence-electron chi connectivity index (χ1n) is 2.38. The quantitative estimate of drug-likeness (QED) is 0.620. The molecule has 0 aliphatic heterocycles. The second-order valence-corrected chi connectivity index (χ2v) is 2.61. The van der Waals surface area contributed by atoms with Crippen LogP contribution in [0, 0.1) is 0 Å². The van der Waals surface area contributed by atoms with Gasteiger partial charge in [0.15, 0.2) is 0 Å². The van der Waals surface area contributed by atoms with Crippen molar-refractivity contribution in [3.63, 3.8) is 0 Å². The van der Waals surface area contributed by atoms with Gasteiger partial charge in [-0.05, 0) is 0 Å². The van der Waals surface area contributed by atoms with E-state index in [0.717, 1.165) is 0 Å². The van der Waals surface area contributed by atoms with E-state index in [2.05, 4.69) is 14.7 Å². The number of hydrogen-bond acceptors (Lipinski definition) is 2. The van der Waals surface area contributed by atoms with Crippen LogP contribution < -0.4 is 4.72 Å². The fraction of sp³-hybridized carbons (Fsp3) is 0.250. The number of nitrogens with one attached hydrogen (secondary N) is 2. The van der Waals surface area contributed by atoms with Crippen LogP contribution in [0.4, 0.5) is 5.95 Å². The number of aromatic nitrogens is 2. The molecule has 0 saturated heterocycles. The number of imidazole rings is 1. The maximum atomic E-state index is 10.5. The summed E-state index contributed by atoms with van der Waals surface area (Å²) in [6, 6.07) is 0. The molecule has 0 aliphatic rings. The Kier molecular flexibility index (Phi) is 1.84. The molecule has 1 heterocycles. The van der Waals surface area contributed by atoms with Gasteiger partial charge in [0.2, 0.25) is 5.95 Å². The topological polar surface area (TPSA) is 57.8 Å². The molecule has 0 saturated carbocycles. The lowest BCUT2D eigenvalue weighted by molar-refractivity contribution is 0.689. The lowest BCUT2D eigenvalue weighted by atomic mass is 11.0. The summed E-state index contributed by atoms with van der Waals surface area (Å²) in [5.74, 6) is 0.538. The standard InChI is InChI=1S/C4H7N3OS/c1-9(8)7-4-5-2-3-6-4/h2-3H,1H3,(H2,5,6,7). The molecule has 0 radical (unpaired) electrons. The summed E-state index contributed by atoms with van der Waals surface area (Å²) < 4.78 is 13.0. The number of hydrogen-bond donors (Lipinski definition) is 2. The highest BCUT2D eigenvalue weighted by Gasteiger charge is 1.91. The van der Waals surface area contributed by atoms with E-state index in [1.165, 1.54) is 0 Å². The van der Waals surface area contributed by atoms with Gasteiger partial charge in [0, 0.05) is 18.6 Å². The molecular weight excluding hydrogens is 138 g/mol. The molecule has 0 amide bonds. The van der Waals surface area contributed by atoms with E-state index in [1.807, 2.05) is 0 Å². The summed E-state index contributed by atoms with van der Waals surface area (Å²) in [5, 5.41) is 0. The maximum Gasteiger partial charge on any atom is 0.212 e. The summed E-state index contributed by atoms with van der Waals surface area (Å²) >= 11 is 0. The Morgan fingerprint density at radius 3 is 3.11 bits per heavy atom. The van der Waals surface area contributed by atoms with Crippen LogP contribution in [0.15, 0.2) is 12.4 Å². The molecule has 1 aromatic rings. The Morgan fingerprint density at radius 2 is 2.67 bits per heavy atom. The Labute approximate surface area is 55.3 Å². The molecular formula is C4H7N3OS. The first kappa shape index (κ1) is 6.28. The molecule has 2 N–H and O–H groups in total. The van der Waals surface area contributed by atoms with Crippen LogP contribution in [0.3, 0.4) is 0 Å². The molecule has 1 rings (SSSR count). The summed E-state index contributed by atoms with van der Waals surface area (Å²) in [6.45, 7) is 0. The van der Waals surface area contributed by atoms with Crippen molar-refractivity contribution >= 4 is 16.9 Å². The molecule has 4 nitrogen and oxygen atoms in total. The molecule has 0 aliphatic carbocycles. The van der Waals surface area contributed by atoms with Crippen LogP contribution in [0.2, 0.25) is 0 Å². The van der Waals surface area contributed by atoms with Gasteiger partial charge in [-0.25, -0.2) is 9.19 Å². The lowest BCUT2D eigenvalue weighted by Gasteiger charge is -1.92. The summed E-state index contributed by atoms with van der Waals surface area (Å²) in [5.41, 5.74) is 0. The largest absolute Gasteiger partial charge is 0.330 e. The molecule has 1 atom stereocenters. The average molecular weight is 145 g/mol. The number of aromatic amines is 1. The first-order chi connectivity index (χ1) is 4.29. The number of rotatable bonds is 2. The predicted octanol–water partition coefficient (Wildman–Crippen LogP) is 0.115. The van der Waals surface area contributed by atoms with Gasteiger partial charge < -0.3 is 4.98 Å². The van der Waals surface area contributed by atoms with Crippen LogP contribution in [0.5, 0.6) is 0 Å². The van der Waals surface area contributed by atoms with E-state index in [-0.39, 0.29) is 0 Å². The molecule has 0 fully saturated rings. The van der Waals surface area contributed by atoms with E-state index in [1.54, 1.807) is 18.6 Å². The third-order valence-corrected chi connectivity index (χ3v) is 1.22. The number of H-pyrrole nitrogens is 1. The highest BCUT2D eigenvalue weighted by atomic mass is 32.2. The van der Waals surface area contributed by atoms with Crippen molar-refractivity contribution in [2.45, 2.75) is 0 Å². The SMILES string of the molecule is CS(=O)Nc1ncc[nH]1. The van der Waals surface area contributed by atoms with Crippen molar-refractivity contribution in [1.82, 2.24) is 9.97 Å². The van der Waals surface area contributed by atoms with E-state index in [9.17, 15) is 4.21 Å². The van der Waals surface area contributed by atoms with Gasteiger partial charge in [-0.2, -0.15) is 0 Å². The molecule has 0 bridgehead atoms. The van der Waals surface area contributed by atoms with Gasteiger partial charge in [-0.3, -0.25) is 4.72 Å². The maximum absolute atomic E-state index is 10.5. The second kappa shape index (κ2) is 2.63. The third kappa shape index (κ3) is 1.85. The fourth-order valence-electron chi connectivity index (χ4n) is 0.457. The lowest BCUT2D eigenvalue weighted by Crippen LogP contribution is -2.01. The fourth-order valence-corrected chi connectivity index (χ4v) is 0.841. The highest BCUT2D eigenvalue weighted by molar-refractivity contribution is 7.85. The number of anilines is 1. The minimum Gasteiger partial charge on any atom is -0.330 e. The van der Waals surface area contributed by atoms with Gasteiger partial charge in [-0.15, -0.1) is 0 Å². The van der Waals surface area contributed by atoms with E-state index >= 15 is 0 Å². The molecule has 1 aromatic heterocycles. The smallest absolute Gasteiger partial charge is 0.212 e. The van der Waals surface area contributed by atoms with Gasteiger partial charge in [0.05, 0.1) is 0 Å². The van der Waals surface area contributed by atoms with Crippen molar-refractivity contribution in [2.24, 2.45) is 0 Å². The van der Waals surface area contributed by atoms with Crippen LogP contribution in [0.1, 0.15) is 0 Å². The Hall–Kier alpha value is -0.840. The van der Waals surface area contributed by atoms with E-state index < -0.39 is 11.0 Å². The molecule has 50 valence electrons. The zero-order valence-electron chi connectivity index (χ0n) is 4.92. The van der Waals surface area contributed by atoms with Crippen LogP contribution in [-0.4, -0.2) is 20.4 Å². The van der Waals surface area contributed by atoms with Crippen LogP contribution in [0.25, 0.3) is 0 Å². The van der Waals surface area contributed by atoms with Crippen molar-refractivity contribution in [2.75, 3.05) is 11.0 Å². The van der Waals surface area contributed by atoms with E-state index in [0.29, 0.717) is 5.95 Å². The Morgan fingerprint density at radius 1 is 1.89 bits per heavy atom. The first-order valence-corrected chi connectivity index (χ1v) is 3.94. The zero-order valence-corrected chi connectivity index (χ0v) is 5.73. The summed E-state index contributed by atoms with van der Waals surface area (Å²) in [4.78, 5) is 6.55. The van der Waals surface area contributed by atoms with Gasteiger partial charge in [0.1, 0.15) is 11.0 Å². The van der Waals surface area contributed by atoms with E-state index in [4.69, 9.17) is 0 Å². The monoisotopic (exact) mass is 145 g/mol. The summed E-state index contributed by atoms with van der Waals surface area (Å²) in [7, 11) is -1.04. The van der Waals surface area contributed by atoms with Crippen LogP contribution >= 0.6 is 0 Å². The Bertz CT molecular complexity index is 196. The minimum atomic E-state index is -1.04. The van der Waals surface area contributed by atoms with Gasteiger partial charge in [-0.1, -0.05) is 0 Å². The van der Waals surface area contributed by atoms with Gasteiger partial charge >= 0.3 is 0 Å². The van der Waals surface area contributed by atoms with Crippen molar-refractivity contribution in [1.29, 1.82) is 0 Å². The predicted molar refractivity (Wildman–Crippen MR) is 36.3 cm³/mol. The van der Waals surface area contributed by atoms with Crippen molar-refractivity contribution in [3.8, 4) is 0 Å². The second-order valence-electron chi connectivity index (χ2n) is 1.49. The van der Waals surface area contributed by atoms with Crippen molar-refractivity contribution in [3.05, 3.63) is 12.4 Å². The summed E-state index contributed by atoms with van der Waals surface area (Å²) in [6.07, 6.45) is 4.80. The average Bonchev–Trinajstić information content (AvgIpc) is 2.15. The highest BCUT2D eigenvalue weighted by Crippen LogP contribution is 1.93. The third-order valence-electron chi connectivity index (χ3n) is 0.739. The minimum absolute atomic E-state index is 0.538. The molecule has 0 spiro atoms. The van der Waals surface area contributed by atoms with Crippen molar-refractivity contribution < 1.29 is 4.21 Å². The normalized spacial score (nSPS) is 13.0. The zero-order chi connectivity index (χ0) is 6.69. The number of nitrogens with zero attached hydrogens (tertiary/aromatic N) is 1. The van der Waals surface area contributed by atoms with Crippen LogP contribution in [-0.2, 0) is 11.0 Å². The molecule has 9 heavy (non-hydrogen) atoms.